The van der Waals surface area contributed by atoms with E-state index in [1.165, 1.54) is 15.9 Å². The van der Waals surface area contributed by atoms with Gasteiger partial charge in [0.05, 0.1) is 10.5 Å². The van der Waals surface area contributed by atoms with Crippen molar-refractivity contribution in [2.75, 3.05) is 26.2 Å². The lowest BCUT2D eigenvalue weighted by Gasteiger charge is -2.29. The Kier molecular flexibility index (Phi) is 5.17. The molecule has 2 N–H and O–H groups in total. The fourth-order valence-corrected chi connectivity index (χ4v) is 3.35. The zero-order valence-corrected chi connectivity index (χ0v) is 13.5. The summed E-state index contributed by atoms with van der Waals surface area (Å²) in [5.41, 5.74) is 2.03. The summed E-state index contributed by atoms with van der Waals surface area (Å²) in [5, 5.41) is 11.1. The van der Waals surface area contributed by atoms with Gasteiger partial charge in [-0.15, -0.1) is 0 Å². The molecule has 3 rings (SSSR count). The summed E-state index contributed by atoms with van der Waals surface area (Å²) in [4.78, 5) is 13.6. The van der Waals surface area contributed by atoms with E-state index in [0.717, 1.165) is 43.9 Å². The second-order valence-corrected chi connectivity index (χ2v) is 6.37. The van der Waals surface area contributed by atoms with Crippen LogP contribution in [0.4, 0.5) is 10.1 Å². The highest BCUT2D eigenvalue weighted by Gasteiger charge is 2.25. The Morgan fingerprint density at radius 1 is 0.958 bits per heavy atom. The first-order chi connectivity index (χ1) is 11.6. The number of quaternary nitrogens is 2. The highest BCUT2D eigenvalue weighted by atomic mass is 19.1. The number of nitrogens with one attached hydrogen (secondary N) is 2. The maximum absolute atomic E-state index is 13.3. The van der Waals surface area contributed by atoms with Gasteiger partial charge in [0.15, 0.2) is 0 Å². The van der Waals surface area contributed by atoms with Crippen LogP contribution < -0.4 is 9.80 Å². The SMILES string of the molecule is O=[N+]([O-])c1ccccc1C[NH+]1CC[NH+](Cc2cccc(F)c2)CC1. The first-order valence-corrected chi connectivity index (χ1v) is 8.25. The molecule has 0 aromatic heterocycles. The molecule has 1 aliphatic heterocycles. The number of nitrogens with zero attached hydrogens (tertiary/aromatic N) is 1. The van der Waals surface area contributed by atoms with Gasteiger partial charge >= 0.3 is 0 Å². The third-order valence-corrected chi connectivity index (χ3v) is 4.64. The maximum atomic E-state index is 13.3. The topological polar surface area (TPSA) is 52.0 Å². The number of hydrogen-bond acceptors (Lipinski definition) is 2. The average Bonchev–Trinajstić information content (AvgIpc) is 2.57. The highest BCUT2D eigenvalue weighted by molar-refractivity contribution is 5.39. The molecule has 1 saturated heterocycles. The molecule has 126 valence electrons. The van der Waals surface area contributed by atoms with Crippen molar-refractivity contribution in [3.63, 3.8) is 0 Å². The number of piperazine rings is 1. The quantitative estimate of drug-likeness (QED) is 0.608. The van der Waals surface area contributed by atoms with E-state index in [2.05, 4.69) is 0 Å². The van der Waals surface area contributed by atoms with Gasteiger partial charge in [-0.3, -0.25) is 10.1 Å². The van der Waals surface area contributed by atoms with Gasteiger partial charge in [0.2, 0.25) is 0 Å². The molecule has 1 aliphatic rings. The molecule has 0 radical (unpaired) electrons. The summed E-state index contributed by atoms with van der Waals surface area (Å²) in [5.74, 6) is -0.187. The third-order valence-electron chi connectivity index (χ3n) is 4.64. The van der Waals surface area contributed by atoms with Gasteiger partial charge in [0.25, 0.3) is 5.69 Å². The zero-order chi connectivity index (χ0) is 16.9. The van der Waals surface area contributed by atoms with Crippen molar-refractivity contribution in [3.8, 4) is 0 Å². The van der Waals surface area contributed by atoms with Crippen LogP contribution in [0.15, 0.2) is 48.5 Å². The van der Waals surface area contributed by atoms with Crippen molar-refractivity contribution in [2.45, 2.75) is 13.1 Å². The lowest BCUT2D eigenvalue weighted by atomic mass is 10.1. The Morgan fingerprint density at radius 3 is 2.29 bits per heavy atom. The first kappa shape index (κ1) is 16.5. The van der Waals surface area contributed by atoms with E-state index in [1.807, 2.05) is 18.2 Å². The van der Waals surface area contributed by atoms with Gasteiger partial charge in [-0.05, 0) is 18.2 Å². The molecule has 0 aliphatic carbocycles. The summed E-state index contributed by atoms with van der Waals surface area (Å²) in [6.07, 6.45) is 0. The zero-order valence-electron chi connectivity index (χ0n) is 13.5. The van der Waals surface area contributed by atoms with Crippen molar-refractivity contribution in [2.24, 2.45) is 0 Å². The highest BCUT2D eigenvalue weighted by Crippen LogP contribution is 2.16. The minimum Gasteiger partial charge on any atom is -0.322 e. The van der Waals surface area contributed by atoms with E-state index in [9.17, 15) is 14.5 Å². The van der Waals surface area contributed by atoms with E-state index < -0.39 is 0 Å². The van der Waals surface area contributed by atoms with Crippen LogP contribution in [0.25, 0.3) is 0 Å². The van der Waals surface area contributed by atoms with E-state index in [-0.39, 0.29) is 16.4 Å². The van der Waals surface area contributed by atoms with Crippen molar-refractivity contribution in [1.82, 2.24) is 0 Å². The summed E-state index contributed by atoms with van der Waals surface area (Å²) in [6, 6.07) is 13.7. The molecule has 0 spiro atoms. The minimum absolute atomic E-state index is 0.187. The normalized spacial score (nSPS) is 20.7. The van der Waals surface area contributed by atoms with Gasteiger partial charge in [0, 0.05) is 11.6 Å². The van der Waals surface area contributed by atoms with E-state index in [0.29, 0.717) is 6.54 Å². The lowest BCUT2D eigenvalue weighted by Crippen LogP contribution is -3.27. The molecule has 0 saturated carbocycles. The lowest BCUT2D eigenvalue weighted by molar-refractivity contribution is -1.02. The van der Waals surface area contributed by atoms with Gasteiger partial charge in [-0.1, -0.05) is 24.3 Å². The Morgan fingerprint density at radius 2 is 1.62 bits per heavy atom. The molecular formula is C18H22FN3O2+2. The van der Waals surface area contributed by atoms with Crippen LogP contribution >= 0.6 is 0 Å². The summed E-state index contributed by atoms with van der Waals surface area (Å²) in [6.45, 7) is 5.44. The molecular weight excluding hydrogens is 309 g/mol. The van der Waals surface area contributed by atoms with Crippen molar-refractivity contribution >= 4 is 5.69 Å². The maximum Gasteiger partial charge on any atom is 0.278 e. The summed E-state index contributed by atoms with van der Waals surface area (Å²) < 4.78 is 13.3. The molecule has 1 fully saturated rings. The number of nitro groups is 1. The molecule has 0 atom stereocenters. The fraction of sp³-hybridized carbons (Fsp3) is 0.333. The number of para-hydroxylation sites is 1. The monoisotopic (exact) mass is 331 g/mol. The van der Waals surface area contributed by atoms with Crippen LogP contribution in [0.1, 0.15) is 11.1 Å². The molecule has 0 amide bonds. The second-order valence-electron chi connectivity index (χ2n) is 6.37. The van der Waals surface area contributed by atoms with Gasteiger partial charge in [-0.25, -0.2) is 4.39 Å². The molecule has 1 heterocycles. The Hall–Kier alpha value is -2.31. The summed E-state index contributed by atoms with van der Waals surface area (Å²) >= 11 is 0. The van der Waals surface area contributed by atoms with E-state index >= 15 is 0 Å². The molecule has 24 heavy (non-hydrogen) atoms. The Bertz CT molecular complexity index is 715. The second kappa shape index (κ2) is 7.51. The third kappa shape index (κ3) is 4.15. The van der Waals surface area contributed by atoms with Crippen LogP contribution in [0.2, 0.25) is 0 Å². The molecule has 2 aromatic carbocycles. The number of hydrogen-bond donors (Lipinski definition) is 2. The van der Waals surface area contributed by atoms with E-state index in [1.54, 1.807) is 24.3 Å². The minimum atomic E-state index is -0.305. The van der Waals surface area contributed by atoms with Crippen LogP contribution in [0.3, 0.4) is 0 Å². The van der Waals surface area contributed by atoms with E-state index in [4.69, 9.17) is 0 Å². The smallest absolute Gasteiger partial charge is 0.278 e. The molecule has 5 nitrogen and oxygen atoms in total. The molecule has 0 bridgehead atoms. The van der Waals surface area contributed by atoms with Crippen LogP contribution in [0.5, 0.6) is 0 Å². The van der Waals surface area contributed by atoms with Crippen LogP contribution in [-0.4, -0.2) is 31.1 Å². The van der Waals surface area contributed by atoms with Crippen molar-refractivity contribution in [1.29, 1.82) is 0 Å². The van der Waals surface area contributed by atoms with Crippen molar-refractivity contribution in [3.05, 3.63) is 75.6 Å². The Labute approximate surface area is 140 Å². The predicted molar refractivity (Wildman–Crippen MR) is 88.3 cm³/mol. The predicted octanol–water partition coefficient (Wildman–Crippen LogP) is 0.218. The largest absolute Gasteiger partial charge is 0.322 e. The molecule has 2 aromatic rings. The van der Waals surface area contributed by atoms with Gasteiger partial charge in [0.1, 0.15) is 45.1 Å². The van der Waals surface area contributed by atoms with Crippen molar-refractivity contribution < 1.29 is 19.1 Å². The van der Waals surface area contributed by atoms with Crippen LogP contribution in [-0.2, 0) is 13.1 Å². The van der Waals surface area contributed by atoms with Gasteiger partial charge in [-0.2, -0.15) is 0 Å². The molecule has 6 heteroatoms. The summed E-state index contributed by atoms with van der Waals surface area (Å²) in [7, 11) is 0. The Balaban J connectivity index is 1.55. The van der Waals surface area contributed by atoms with Crippen LogP contribution in [0, 0.1) is 15.9 Å². The number of halogens is 1. The first-order valence-electron chi connectivity index (χ1n) is 8.25. The average molecular weight is 331 g/mol. The fourth-order valence-electron chi connectivity index (χ4n) is 3.35. The number of nitro benzene ring substituents is 1. The van der Waals surface area contributed by atoms with Gasteiger partial charge < -0.3 is 9.80 Å². The number of benzene rings is 2. The standard InChI is InChI=1S/C18H20FN3O2/c19-17-6-3-4-15(12-17)13-20-8-10-21(11-9-20)14-16-5-1-2-7-18(16)22(23)24/h1-7,12H,8-11,13-14H2/p+2. The molecule has 0 unspecified atom stereocenters. The number of rotatable bonds is 5.